The summed E-state index contributed by atoms with van der Waals surface area (Å²) in [6.45, 7) is 1.70. The Hall–Kier alpha value is -2.03. The smallest absolute Gasteiger partial charge is 0.240 e. The number of benzene rings is 2. The molecule has 0 heterocycles. The molecule has 0 saturated carbocycles. The number of rotatable bonds is 9. The fraction of sp³-hybridized carbons (Fsp3) is 0.278. The molecule has 0 atom stereocenters. The number of sulfonamides is 1. The molecule has 0 fully saturated rings. The van der Waals surface area contributed by atoms with E-state index < -0.39 is 10.0 Å². The molecule has 0 aliphatic heterocycles. The van der Waals surface area contributed by atoms with Crippen molar-refractivity contribution in [2.75, 3.05) is 24.7 Å². The van der Waals surface area contributed by atoms with E-state index in [0.29, 0.717) is 23.7 Å². The van der Waals surface area contributed by atoms with Gasteiger partial charge in [-0.05, 0) is 17.7 Å². The molecule has 1 amide bonds. The molecule has 0 radical (unpaired) electrons. The summed E-state index contributed by atoms with van der Waals surface area (Å²) in [4.78, 5) is 11.3. The zero-order chi connectivity index (χ0) is 19.0. The van der Waals surface area contributed by atoms with Gasteiger partial charge in [0.05, 0.1) is 17.7 Å². The topological polar surface area (TPSA) is 84.5 Å². The van der Waals surface area contributed by atoms with E-state index in [9.17, 15) is 13.2 Å². The van der Waals surface area contributed by atoms with Crippen molar-refractivity contribution in [1.29, 1.82) is 0 Å². The molecule has 0 aromatic heterocycles. The third kappa shape index (κ3) is 6.05. The van der Waals surface area contributed by atoms with Gasteiger partial charge < -0.3 is 10.1 Å². The van der Waals surface area contributed by atoms with E-state index >= 15 is 0 Å². The minimum absolute atomic E-state index is 0.0940. The van der Waals surface area contributed by atoms with Crippen molar-refractivity contribution in [3.8, 4) is 5.75 Å². The van der Waals surface area contributed by atoms with Gasteiger partial charge in [-0.2, -0.15) is 11.8 Å². The average molecular weight is 395 g/mol. The Morgan fingerprint density at radius 2 is 1.88 bits per heavy atom. The first-order chi connectivity index (χ1) is 12.4. The minimum Gasteiger partial charge on any atom is -0.495 e. The predicted molar refractivity (Wildman–Crippen MR) is 105 cm³/mol. The van der Waals surface area contributed by atoms with Gasteiger partial charge in [-0.3, -0.25) is 4.79 Å². The lowest BCUT2D eigenvalue weighted by Gasteiger charge is -2.12. The van der Waals surface area contributed by atoms with Gasteiger partial charge in [0.1, 0.15) is 5.75 Å². The number of hydrogen-bond acceptors (Lipinski definition) is 5. The molecule has 0 aliphatic carbocycles. The van der Waals surface area contributed by atoms with Crippen LogP contribution < -0.4 is 14.8 Å². The summed E-state index contributed by atoms with van der Waals surface area (Å²) in [5, 5.41) is 2.60. The lowest BCUT2D eigenvalue weighted by molar-refractivity contribution is -0.114. The Balaban J connectivity index is 1.91. The standard InChI is InChI=1S/C18H22N2O4S2/c1-14(21)20-17-9-8-16(12-18(17)24-2)26(22,23)19-10-11-25-13-15-6-4-3-5-7-15/h3-9,12,19H,10-11,13H2,1-2H3,(H,20,21). The van der Waals surface area contributed by atoms with Crippen LogP contribution in [-0.4, -0.2) is 33.7 Å². The lowest BCUT2D eigenvalue weighted by atomic mass is 10.2. The summed E-state index contributed by atoms with van der Waals surface area (Å²) in [6.07, 6.45) is 0. The quantitative estimate of drug-likeness (QED) is 0.639. The number of nitrogens with one attached hydrogen (secondary N) is 2. The summed E-state index contributed by atoms with van der Waals surface area (Å²) in [5.74, 6) is 1.53. The first-order valence-corrected chi connectivity index (χ1v) is 10.6. The van der Waals surface area contributed by atoms with Crippen LogP contribution >= 0.6 is 11.8 Å². The number of thioether (sulfide) groups is 1. The highest BCUT2D eigenvalue weighted by atomic mass is 32.2. The minimum atomic E-state index is -3.64. The third-order valence-corrected chi connectivity index (χ3v) is 5.93. The summed E-state index contributed by atoms with van der Waals surface area (Å²) in [6, 6.07) is 14.4. The van der Waals surface area contributed by atoms with Crippen molar-refractivity contribution in [3.05, 3.63) is 54.1 Å². The summed E-state index contributed by atoms with van der Waals surface area (Å²) < 4.78 is 32.6. The Kier molecular flexibility index (Phi) is 7.50. The summed E-state index contributed by atoms with van der Waals surface area (Å²) >= 11 is 1.66. The molecule has 140 valence electrons. The number of methoxy groups -OCH3 is 1. The highest BCUT2D eigenvalue weighted by molar-refractivity contribution is 7.98. The molecule has 26 heavy (non-hydrogen) atoms. The lowest BCUT2D eigenvalue weighted by Crippen LogP contribution is -2.26. The van der Waals surface area contributed by atoms with Gasteiger partial charge in [0, 0.05) is 31.0 Å². The molecular weight excluding hydrogens is 372 g/mol. The van der Waals surface area contributed by atoms with Gasteiger partial charge in [0.2, 0.25) is 15.9 Å². The highest BCUT2D eigenvalue weighted by Crippen LogP contribution is 2.27. The van der Waals surface area contributed by atoms with Crippen LogP contribution in [0.15, 0.2) is 53.4 Å². The fourth-order valence-electron chi connectivity index (χ4n) is 2.23. The molecule has 6 nitrogen and oxygen atoms in total. The van der Waals surface area contributed by atoms with Crippen molar-refractivity contribution in [2.45, 2.75) is 17.6 Å². The summed E-state index contributed by atoms with van der Waals surface area (Å²) in [5.41, 5.74) is 1.64. The molecule has 0 aliphatic rings. The molecule has 2 N–H and O–H groups in total. The number of ether oxygens (including phenoxy) is 1. The highest BCUT2D eigenvalue weighted by Gasteiger charge is 2.16. The van der Waals surface area contributed by atoms with Crippen molar-refractivity contribution in [1.82, 2.24) is 4.72 Å². The second kappa shape index (κ2) is 9.61. The van der Waals surface area contributed by atoms with Crippen molar-refractivity contribution >= 4 is 33.4 Å². The van der Waals surface area contributed by atoms with E-state index in [0.717, 1.165) is 5.75 Å². The maximum absolute atomic E-state index is 12.4. The molecule has 0 unspecified atom stereocenters. The molecule has 2 aromatic rings. The van der Waals surface area contributed by atoms with Crippen LogP contribution in [0.25, 0.3) is 0 Å². The van der Waals surface area contributed by atoms with E-state index in [1.807, 2.05) is 30.3 Å². The summed E-state index contributed by atoms with van der Waals surface area (Å²) in [7, 11) is -2.22. The fourth-order valence-corrected chi connectivity index (χ4v) is 4.22. The van der Waals surface area contributed by atoms with Gasteiger partial charge >= 0.3 is 0 Å². The zero-order valence-corrected chi connectivity index (χ0v) is 16.3. The van der Waals surface area contributed by atoms with Crippen LogP contribution in [0.1, 0.15) is 12.5 Å². The van der Waals surface area contributed by atoms with Gasteiger partial charge in [-0.1, -0.05) is 30.3 Å². The number of carbonyl (C=O) groups excluding carboxylic acids is 1. The van der Waals surface area contributed by atoms with E-state index in [-0.39, 0.29) is 10.8 Å². The van der Waals surface area contributed by atoms with Crippen LogP contribution in [0.5, 0.6) is 5.75 Å². The van der Waals surface area contributed by atoms with Crippen LogP contribution in [0, 0.1) is 0 Å². The molecule has 0 saturated heterocycles. The van der Waals surface area contributed by atoms with Crippen molar-refractivity contribution in [2.24, 2.45) is 0 Å². The first-order valence-electron chi connectivity index (χ1n) is 7.99. The van der Waals surface area contributed by atoms with Crippen LogP contribution in [0.4, 0.5) is 5.69 Å². The van der Waals surface area contributed by atoms with Gasteiger partial charge in [-0.15, -0.1) is 0 Å². The second-order valence-electron chi connectivity index (χ2n) is 5.48. The molecule has 2 aromatic carbocycles. The third-order valence-electron chi connectivity index (χ3n) is 3.44. The molecular formula is C18H22N2O4S2. The Morgan fingerprint density at radius 3 is 2.54 bits per heavy atom. The predicted octanol–water partition coefficient (Wildman–Crippen LogP) is 2.87. The van der Waals surface area contributed by atoms with E-state index in [1.54, 1.807) is 11.8 Å². The molecule has 8 heteroatoms. The SMILES string of the molecule is COc1cc(S(=O)(=O)NCCSCc2ccccc2)ccc1NC(C)=O. The van der Waals surface area contributed by atoms with Crippen LogP contribution in [-0.2, 0) is 20.6 Å². The van der Waals surface area contributed by atoms with Gasteiger partial charge in [0.25, 0.3) is 0 Å². The van der Waals surface area contributed by atoms with E-state index in [1.165, 1.54) is 37.8 Å². The van der Waals surface area contributed by atoms with Crippen molar-refractivity contribution < 1.29 is 17.9 Å². The Morgan fingerprint density at radius 1 is 1.15 bits per heavy atom. The second-order valence-corrected chi connectivity index (χ2v) is 8.35. The molecule has 0 spiro atoms. The first kappa shape index (κ1) is 20.3. The van der Waals surface area contributed by atoms with Gasteiger partial charge in [-0.25, -0.2) is 13.1 Å². The molecule has 0 bridgehead atoms. The van der Waals surface area contributed by atoms with E-state index in [4.69, 9.17) is 4.74 Å². The van der Waals surface area contributed by atoms with E-state index in [2.05, 4.69) is 10.0 Å². The number of hydrogen-bond donors (Lipinski definition) is 2. The molecule has 2 rings (SSSR count). The zero-order valence-electron chi connectivity index (χ0n) is 14.7. The Bertz CT molecular complexity index is 840. The monoisotopic (exact) mass is 394 g/mol. The maximum atomic E-state index is 12.4. The average Bonchev–Trinajstić information content (AvgIpc) is 2.62. The normalized spacial score (nSPS) is 11.2. The maximum Gasteiger partial charge on any atom is 0.240 e. The largest absolute Gasteiger partial charge is 0.495 e. The number of carbonyl (C=O) groups is 1. The van der Waals surface area contributed by atoms with Crippen LogP contribution in [0.2, 0.25) is 0 Å². The van der Waals surface area contributed by atoms with Crippen molar-refractivity contribution in [3.63, 3.8) is 0 Å². The number of amides is 1. The van der Waals surface area contributed by atoms with Gasteiger partial charge in [0.15, 0.2) is 0 Å². The Labute approximate surface area is 158 Å². The van der Waals surface area contributed by atoms with Crippen LogP contribution in [0.3, 0.4) is 0 Å². The number of anilines is 1.